The number of pyridine rings is 1. The number of hydrogen-bond acceptors (Lipinski definition) is 7. The van der Waals surface area contributed by atoms with Gasteiger partial charge in [-0.15, -0.1) is 0 Å². The highest BCUT2D eigenvalue weighted by molar-refractivity contribution is 6.29. The van der Waals surface area contributed by atoms with Gasteiger partial charge in [-0.05, 0) is 32.6 Å². The average molecular weight is 344 g/mol. The molecule has 23 heavy (non-hydrogen) atoms. The van der Waals surface area contributed by atoms with Crippen molar-refractivity contribution in [1.29, 1.82) is 0 Å². The van der Waals surface area contributed by atoms with Gasteiger partial charge >= 0.3 is 11.7 Å². The smallest absolute Gasteiger partial charge is 0.338 e. The number of rotatable bonds is 5. The minimum Gasteiger partial charge on any atom is -0.464 e. The molecule has 1 aliphatic carbocycles. The van der Waals surface area contributed by atoms with Crippen LogP contribution in [-0.2, 0) is 9.53 Å². The quantitative estimate of drug-likeness (QED) is 0.365. The zero-order valence-corrected chi connectivity index (χ0v) is 13.4. The van der Waals surface area contributed by atoms with Crippen LogP contribution in [0.3, 0.4) is 0 Å². The number of nitrogens with zero attached hydrogens (tertiary/aromatic N) is 2. The number of hydrogen-bond donors (Lipinski definition) is 2. The number of esters is 1. The van der Waals surface area contributed by atoms with E-state index < -0.39 is 16.5 Å². The van der Waals surface area contributed by atoms with E-state index in [4.69, 9.17) is 16.3 Å². The highest BCUT2D eigenvalue weighted by atomic mass is 35.5. The molecule has 2 N–H and O–H groups in total. The number of ether oxygens (including phenoxy) is 1. The largest absolute Gasteiger partial charge is 0.464 e. The molecule has 9 heteroatoms. The van der Waals surface area contributed by atoms with Crippen molar-refractivity contribution in [2.24, 2.45) is 0 Å². The summed E-state index contributed by atoms with van der Waals surface area (Å²) in [7, 11) is 0. The van der Waals surface area contributed by atoms with Crippen molar-refractivity contribution >= 4 is 28.9 Å². The van der Waals surface area contributed by atoms with Crippen LogP contribution in [-0.4, -0.2) is 39.2 Å². The van der Waals surface area contributed by atoms with E-state index in [9.17, 15) is 20.0 Å². The number of nitro groups is 1. The summed E-state index contributed by atoms with van der Waals surface area (Å²) in [5.74, 6) is -0.614. The predicted octanol–water partition coefficient (Wildman–Crippen LogP) is 2.29. The minimum absolute atomic E-state index is 0.109. The second-order valence-corrected chi connectivity index (χ2v) is 5.84. The molecule has 0 aromatic carbocycles. The van der Waals surface area contributed by atoms with E-state index in [0.29, 0.717) is 12.8 Å². The number of halogens is 1. The molecular weight excluding hydrogens is 326 g/mol. The number of carbonyl (C=O) groups excluding carboxylic acids is 1. The summed E-state index contributed by atoms with van der Waals surface area (Å²) in [5.41, 5.74) is -1.36. The van der Waals surface area contributed by atoms with Gasteiger partial charge in [-0.2, -0.15) is 0 Å². The molecule has 126 valence electrons. The molecule has 1 aromatic heterocycles. The van der Waals surface area contributed by atoms with E-state index in [-0.39, 0.29) is 42.0 Å². The molecule has 0 radical (unpaired) electrons. The maximum absolute atomic E-state index is 11.8. The molecule has 0 unspecified atom stereocenters. The lowest BCUT2D eigenvalue weighted by atomic mass is 9.82. The molecule has 1 aliphatic rings. The van der Waals surface area contributed by atoms with E-state index in [1.54, 1.807) is 6.92 Å². The number of nitrogens with one attached hydrogen (secondary N) is 1. The normalized spacial score (nSPS) is 24.0. The summed E-state index contributed by atoms with van der Waals surface area (Å²) in [6, 6.07) is 1.29. The Morgan fingerprint density at radius 1 is 1.61 bits per heavy atom. The van der Waals surface area contributed by atoms with E-state index >= 15 is 0 Å². The second kappa shape index (κ2) is 7.10. The fourth-order valence-electron chi connectivity index (χ4n) is 2.61. The van der Waals surface area contributed by atoms with Gasteiger partial charge < -0.3 is 15.2 Å². The molecule has 0 atom stereocenters. The summed E-state index contributed by atoms with van der Waals surface area (Å²) in [6.45, 7) is 1.89. The van der Waals surface area contributed by atoms with Crippen molar-refractivity contribution in [2.75, 3.05) is 11.9 Å². The Balaban J connectivity index is 2.03. The van der Waals surface area contributed by atoms with Gasteiger partial charge in [-0.3, -0.25) is 10.1 Å². The third kappa shape index (κ3) is 4.08. The van der Waals surface area contributed by atoms with Crippen LogP contribution in [0, 0.1) is 10.1 Å². The highest BCUT2D eigenvalue weighted by Crippen LogP contribution is 2.33. The van der Waals surface area contributed by atoms with Gasteiger partial charge in [0.25, 0.3) is 0 Å². The van der Waals surface area contributed by atoms with Crippen molar-refractivity contribution in [2.45, 2.75) is 44.2 Å². The monoisotopic (exact) mass is 343 g/mol. The Morgan fingerprint density at radius 2 is 2.26 bits per heavy atom. The predicted molar refractivity (Wildman–Crippen MR) is 83.4 cm³/mol. The maximum atomic E-state index is 11.8. The van der Waals surface area contributed by atoms with Crippen LogP contribution in [0.1, 0.15) is 32.6 Å². The summed E-state index contributed by atoms with van der Waals surface area (Å²) in [6.07, 6.45) is 2.52. The van der Waals surface area contributed by atoms with Crippen LogP contribution in [0.2, 0.25) is 5.15 Å². The summed E-state index contributed by atoms with van der Waals surface area (Å²) in [5, 5.41) is 24.5. The first-order chi connectivity index (χ1) is 10.9. The topological polar surface area (TPSA) is 115 Å². The van der Waals surface area contributed by atoms with Crippen molar-refractivity contribution < 1.29 is 19.6 Å². The van der Waals surface area contributed by atoms with Gasteiger partial charge in [0.05, 0.1) is 11.5 Å². The molecule has 8 nitrogen and oxygen atoms in total. The maximum Gasteiger partial charge on any atom is 0.338 e. The van der Waals surface area contributed by atoms with Gasteiger partial charge in [-0.25, -0.2) is 9.78 Å². The van der Waals surface area contributed by atoms with Crippen molar-refractivity contribution in [3.63, 3.8) is 0 Å². The highest BCUT2D eigenvalue weighted by Gasteiger charge is 2.41. The molecule has 1 fully saturated rings. The van der Waals surface area contributed by atoms with Gasteiger partial charge in [0, 0.05) is 12.1 Å². The van der Waals surface area contributed by atoms with Crippen LogP contribution in [0.25, 0.3) is 0 Å². The lowest BCUT2D eigenvalue weighted by Crippen LogP contribution is -2.45. The van der Waals surface area contributed by atoms with E-state index in [1.165, 1.54) is 6.07 Å². The standard InChI is InChI=1S/C14H18ClN3O5/c1-2-23-13(19)14(20)5-3-9(4-6-14)17-10-7-12(15)16-8-11(10)18(21)22/h7-9,20H,2-6H2,1H3,(H,16,17)/t9-,14-. The number of aromatic nitrogens is 1. The van der Waals surface area contributed by atoms with E-state index in [0.717, 1.165) is 6.20 Å². The van der Waals surface area contributed by atoms with Crippen LogP contribution in [0.4, 0.5) is 11.4 Å². The van der Waals surface area contributed by atoms with Crippen LogP contribution >= 0.6 is 11.6 Å². The third-order valence-corrected chi connectivity index (χ3v) is 4.08. The molecule has 0 bridgehead atoms. The molecule has 0 amide bonds. The summed E-state index contributed by atoms with van der Waals surface area (Å²) < 4.78 is 4.88. The fourth-order valence-corrected chi connectivity index (χ4v) is 2.77. The van der Waals surface area contributed by atoms with Gasteiger partial charge in [0.1, 0.15) is 17.0 Å². The molecule has 0 spiro atoms. The molecule has 1 aromatic rings. The summed E-state index contributed by atoms with van der Waals surface area (Å²) >= 11 is 5.79. The Kier molecular flexibility index (Phi) is 5.38. The first-order valence-corrected chi connectivity index (χ1v) is 7.69. The molecule has 0 saturated heterocycles. The zero-order chi connectivity index (χ0) is 17.0. The lowest BCUT2D eigenvalue weighted by Gasteiger charge is -2.34. The number of aliphatic hydroxyl groups is 1. The van der Waals surface area contributed by atoms with E-state index in [1.807, 2.05) is 0 Å². The van der Waals surface area contributed by atoms with Crippen LogP contribution < -0.4 is 5.32 Å². The Hall–Kier alpha value is -1.93. The van der Waals surface area contributed by atoms with Gasteiger partial charge in [-0.1, -0.05) is 11.6 Å². The van der Waals surface area contributed by atoms with Crippen molar-refractivity contribution in [3.05, 3.63) is 27.5 Å². The minimum atomic E-state index is -1.48. The number of anilines is 1. The average Bonchev–Trinajstić information content (AvgIpc) is 2.50. The van der Waals surface area contributed by atoms with Crippen molar-refractivity contribution in [1.82, 2.24) is 4.98 Å². The second-order valence-electron chi connectivity index (χ2n) is 5.45. The fraction of sp³-hybridized carbons (Fsp3) is 0.571. The molecule has 2 rings (SSSR count). The first-order valence-electron chi connectivity index (χ1n) is 7.32. The third-order valence-electron chi connectivity index (χ3n) is 3.87. The first kappa shape index (κ1) is 17.4. The molecule has 0 aliphatic heterocycles. The lowest BCUT2D eigenvalue weighted by molar-refractivity contribution is -0.384. The van der Waals surface area contributed by atoms with Crippen LogP contribution in [0.15, 0.2) is 12.3 Å². The van der Waals surface area contributed by atoms with E-state index in [2.05, 4.69) is 10.3 Å². The SMILES string of the molecule is CCOC(=O)[C@]1(O)CC[C@H](Nc2cc(Cl)ncc2[N+](=O)[O-])CC1. The van der Waals surface area contributed by atoms with Gasteiger partial charge in [0.2, 0.25) is 0 Å². The molecule has 1 saturated carbocycles. The van der Waals surface area contributed by atoms with Crippen LogP contribution in [0.5, 0.6) is 0 Å². The summed E-state index contributed by atoms with van der Waals surface area (Å²) in [4.78, 5) is 26.0. The Bertz CT molecular complexity index is 602. The number of carbonyl (C=O) groups is 1. The molecule has 1 heterocycles. The zero-order valence-electron chi connectivity index (χ0n) is 12.6. The Labute approximate surface area is 138 Å². The van der Waals surface area contributed by atoms with Crippen molar-refractivity contribution in [3.8, 4) is 0 Å². The Morgan fingerprint density at radius 3 is 2.83 bits per heavy atom. The molecular formula is C14H18ClN3O5. The van der Waals surface area contributed by atoms with Gasteiger partial charge in [0.15, 0.2) is 5.60 Å².